The molecule has 0 saturated carbocycles. The SMILES string of the molecule is CC1(C)CNC[C@H]1CF.C[C@H](c1ccccc1)N1C[C@@H](CF)C(C)(C)C1. The first-order chi connectivity index (χ1) is 12.2. The van der Waals surface area contributed by atoms with Crippen molar-refractivity contribution in [2.45, 2.75) is 40.7 Å². The third kappa shape index (κ3) is 5.04. The van der Waals surface area contributed by atoms with E-state index in [1.165, 1.54) is 5.56 Å². The van der Waals surface area contributed by atoms with Crippen LogP contribution in [-0.2, 0) is 0 Å². The highest BCUT2D eigenvalue weighted by atomic mass is 19.1. The largest absolute Gasteiger partial charge is 0.316 e. The molecule has 26 heavy (non-hydrogen) atoms. The first kappa shape index (κ1) is 21.3. The molecule has 2 aliphatic rings. The van der Waals surface area contributed by atoms with E-state index in [2.05, 4.69) is 69.1 Å². The highest BCUT2D eigenvalue weighted by Gasteiger charge is 2.40. The Morgan fingerprint density at radius 2 is 1.65 bits per heavy atom. The van der Waals surface area contributed by atoms with Gasteiger partial charge in [-0.2, -0.15) is 0 Å². The number of alkyl halides is 2. The van der Waals surface area contributed by atoms with Crippen LogP contribution < -0.4 is 5.32 Å². The molecule has 0 aromatic heterocycles. The molecule has 2 fully saturated rings. The van der Waals surface area contributed by atoms with E-state index in [0.717, 1.165) is 26.2 Å². The zero-order chi connectivity index (χ0) is 19.4. The number of nitrogens with zero attached hydrogens (tertiary/aromatic N) is 1. The molecule has 148 valence electrons. The minimum absolute atomic E-state index is 0.0950. The Bertz CT molecular complexity index is 544. The van der Waals surface area contributed by atoms with E-state index in [-0.39, 0.29) is 36.0 Å². The van der Waals surface area contributed by atoms with Crippen molar-refractivity contribution in [1.82, 2.24) is 10.2 Å². The second kappa shape index (κ2) is 8.79. The molecule has 2 heterocycles. The highest BCUT2D eigenvalue weighted by Crippen LogP contribution is 2.39. The molecule has 4 heteroatoms. The normalized spacial score (nSPS) is 28.4. The summed E-state index contributed by atoms with van der Waals surface area (Å²) in [7, 11) is 0. The van der Waals surface area contributed by atoms with Crippen LogP contribution in [0.15, 0.2) is 30.3 Å². The second-order valence-electron chi connectivity index (χ2n) is 9.33. The molecular weight excluding hydrogens is 330 g/mol. The maximum atomic E-state index is 13.0. The third-order valence-electron chi connectivity index (χ3n) is 6.45. The lowest BCUT2D eigenvalue weighted by atomic mass is 9.83. The maximum absolute atomic E-state index is 13.0. The number of halogens is 2. The molecule has 2 saturated heterocycles. The van der Waals surface area contributed by atoms with Crippen LogP contribution in [-0.4, -0.2) is 44.4 Å². The first-order valence-corrected chi connectivity index (χ1v) is 9.83. The van der Waals surface area contributed by atoms with Crippen LogP contribution in [0.3, 0.4) is 0 Å². The van der Waals surface area contributed by atoms with E-state index in [0.29, 0.717) is 6.04 Å². The Labute approximate surface area is 158 Å². The Hall–Kier alpha value is -1.00. The average molecular weight is 367 g/mol. The molecule has 0 unspecified atom stereocenters. The lowest BCUT2D eigenvalue weighted by molar-refractivity contribution is 0.224. The molecule has 2 nitrogen and oxygen atoms in total. The van der Waals surface area contributed by atoms with Gasteiger partial charge < -0.3 is 5.32 Å². The fourth-order valence-electron chi connectivity index (χ4n) is 3.99. The zero-order valence-electron chi connectivity index (χ0n) is 17.1. The zero-order valence-corrected chi connectivity index (χ0v) is 17.1. The van der Waals surface area contributed by atoms with Crippen molar-refractivity contribution >= 4 is 0 Å². The highest BCUT2D eigenvalue weighted by molar-refractivity contribution is 5.19. The van der Waals surface area contributed by atoms with Gasteiger partial charge in [-0.25, -0.2) is 0 Å². The molecule has 1 aromatic rings. The van der Waals surface area contributed by atoms with Gasteiger partial charge in [-0.1, -0.05) is 58.0 Å². The van der Waals surface area contributed by atoms with Crippen LogP contribution in [0.1, 0.15) is 46.2 Å². The predicted molar refractivity (Wildman–Crippen MR) is 106 cm³/mol. The molecule has 0 bridgehead atoms. The Balaban J connectivity index is 0.000000228. The van der Waals surface area contributed by atoms with Gasteiger partial charge in [0.05, 0.1) is 13.3 Å². The molecule has 0 amide bonds. The molecule has 3 rings (SSSR count). The monoisotopic (exact) mass is 366 g/mol. The van der Waals surface area contributed by atoms with Gasteiger partial charge in [0.25, 0.3) is 0 Å². The lowest BCUT2D eigenvalue weighted by Crippen LogP contribution is -2.26. The molecule has 1 aromatic carbocycles. The summed E-state index contributed by atoms with van der Waals surface area (Å²) in [5.41, 5.74) is 1.59. The minimum atomic E-state index is -0.203. The summed E-state index contributed by atoms with van der Waals surface area (Å²) < 4.78 is 25.2. The number of hydrogen-bond donors (Lipinski definition) is 1. The van der Waals surface area contributed by atoms with Crippen molar-refractivity contribution in [3.8, 4) is 0 Å². The van der Waals surface area contributed by atoms with Crippen molar-refractivity contribution in [1.29, 1.82) is 0 Å². The van der Waals surface area contributed by atoms with E-state index in [9.17, 15) is 8.78 Å². The van der Waals surface area contributed by atoms with Crippen molar-refractivity contribution < 1.29 is 8.78 Å². The third-order valence-corrected chi connectivity index (χ3v) is 6.45. The summed E-state index contributed by atoms with van der Waals surface area (Å²) in [6, 6.07) is 10.9. The smallest absolute Gasteiger partial charge is 0.0940 e. The predicted octanol–water partition coefficient (Wildman–Crippen LogP) is 4.88. The second-order valence-corrected chi connectivity index (χ2v) is 9.33. The van der Waals surface area contributed by atoms with Crippen molar-refractivity contribution in [3.05, 3.63) is 35.9 Å². The minimum Gasteiger partial charge on any atom is -0.316 e. The standard InChI is InChI=1S/C15H22FN.C7H14FN/c1-12(13-7-5-4-6-8-13)17-10-14(9-16)15(2,3)11-17;1-7(2)5-9-4-6(7)3-8/h4-8,12,14H,9-11H2,1-3H3;6,9H,3-5H2,1-2H3/t12-,14-;6-/m11/s1. The quantitative estimate of drug-likeness (QED) is 0.817. The van der Waals surface area contributed by atoms with Gasteiger partial charge >= 0.3 is 0 Å². The molecule has 1 N–H and O–H groups in total. The lowest BCUT2D eigenvalue weighted by Gasteiger charge is -2.26. The molecular formula is C22H36F2N2. The number of hydrogen-bond acceptors (Lipinski definition) is 2. The molecule has 2 aliphatic heterocycles. The van der Waals surface area contributed by atoms with Crippen molar-refractivity contribution in [3.63, 3.8) is 0 Å². The summed E-state index contributed by atoms with van der Waals surface area (Å²) in [6.45, 7) is 14.1. The van der Waals surface area contributed by atoms with E-state index in [1.54, 1.807) is 0 Å². The number of benzene rings is 1. The van der Waals surface area contributed by atoms with Gasteiger partial charge in [0.15, 0.2) is 0 Å². The fourth-order valence-corrected chi connectivity index (χ4v) is 3.99. The van der Waals surface area contributed by atoms with Gasteiger partial charge in [-0.05, 0) is 23.3 Å². The van der Waals surface area contributed by atoms with Crippen LogP contribution in [0.5, 0.6) is 0 Å². The van der Waals surface area contributed by atoms with Crippen LogP contribution in [0.4, 0.5) is 8.78 Å². The van der Waals surface area contributed by atoms with Crippen LogP contribution in [0.2, 0.25) is 0 Å². The van der Waals surface area contributed by atoms with Crippen LogP contribution in [0, 0.1) is 22.7 Å². The van der Waals surface area contributed by atoms with Gasteiger partial charge in [0, 0.05) is 44.1 Å². The summed E-state index contributed by atoms with van der Waals surface area (Å²) in [5, 5.41) is 3.17. The van der Waals surface area contributed by atoms with Gasteiger partial charge in [0.2, 0.25) is 0 Å². The van der Waals surface area contributed by atoms with Gasteiger partial charge in [-0.3, -0.25) is 13.7 Å². The average Bonchev–Trinajstić information content (AvgIpc) is 3.12. The maximum Gasteiger partial charge on any atom is 0.0940 e. The summed E-state index contributed by atoms with van der Waals surface area (Å²) >= 11 is 0. The van der Waals surface area contributed by atoms with Crippen molar-refractivity contribution in [2.24, 2.45) is 22.7 Å². The summed E-state index contributed by atoms with van der Waals surface area (Å²) in [6.07, 6.45) is 0. The first-order valence-electron chi connectivity index (χ1n) is 9.83. The van der Waals surface area contributed by atoms with E-state index < -0.39 is 0 Å². The summed E-state index contributed by atoms with van der Waals surface area (Å²) in [4.78, 5) is 2.40. The Morgan fingerprint density at radius 1 is 1.04 bits per heavy atom. The Kier molecular flexibility index (Phi) is 7.20. The van der Waals surface area contributed by atoms with E-state index >= 15 is 0 Å². The Morgan fingerprint density at radius 3 is 2.08 bits per heavy atom. The van der Waals surface area contributed by atoms with Crippen LogP contribution >= 0.6 is 0 Å². The van der Waals surface area contributed by atoms with Gasteiger partial charge in [-0.15, -0.1) is 0 Å². The van der Waals surface area contributed by atoms with Gasteiger partial charge in [0.1, 0.15) is 0 Å². The molecule has 0 radical (unpaired) electrons. The topological polar surface area (TPSA) is 15.3 Å². The molecule has 0 aliphatic carbocycles. The summed E-state index contributed by atoms with van der Waals surface area (Å²) in [5.74, 6) is 0.408. The van der Waals surface area contributed by atoms with Crippen LogP contribution in [0.25, 0.3) is 0 Å². The van der Waals surface area contributed by atoms with E-state index in [4.69, 9.17) is 0 Å². The van der Waals surface area contributed by atoms with Crippen molar-refractivity contribution in [2.75, 3.05) is 39.5 Å². The fraction of sp³-hybridized carbons (Fsp3) is 0.727. The van der Waals surface area contributed by atoms with E-state index in [1.807, 2.05) is 6.07 Å². The molecule has 3 atom stereocenters. The number of nitrogens with one attached hydrogen (secondary N) is 1. The molecule has 0 spiro atoms. The number of likely N-dealkylation sites (tertiary alicyclic amines) is 1. The number of rotatable bonds is 4.